The highest BCUT2D eigenvalue weighted by Crippen LogP contribution is 2.36. The second-order valence-electron chi connectivity index (χ2n) is 5.89. The predicted octanol–water partition coefficient (Wildman–Crippen LogP) is 3.35. The summed E-state index contributed by atoms with van der Waals surface area (Å²) in [4.78, 5) is 12.2. The average molecular weight is 351 g/mol. The van der Waals surface area contributed by atoms with Crippen molar-refractivity contribution >= 4 is 11.6 Å². The molecule has 1 heterocycles. The number of halogens is 3. The van der Waals surface area contributed by atoms with E-state index in [0.29, 0.717) is 16.9 Å². The Hall–Kier alpha value is -2.54. The molecule has 0 bridgehead atoms. The molecule has 4 nitrogen and oxygen atoms in total. The summed E-state index contributed by atoms with van der Waals surface area (Å²) in [6.07, 6.45) is -5.74. The Kier molecular flexibility index (Phi) is 4.43. The van der Waals surface area contributed by atoms with E-state index < -0.39 is 29.7 Å². The van der Waals surface area contributed by atoms with E-state index in [-0.39, 0.29) is 12.1 Å². The number of alkyl halides is 3. The lowest BCUT2D eigenvalue weighted by atomic mass is 9.87. The van der Waals surface area contributed by atoms with Crippen molar-refractivity contribution in [3.8, 4) is 5.75 Å². The first-order valence-corrected chi connectivity index (χ1v) is 7.62. The quantitative estimate of drug-likeness (QED) is 0.872. The SMILES string of the molecule is COc1ccc(C2Cc3cc(C(F)(F)F)ccc3NC(=O)C2O)cc1. The fourth-order valence-corrected chi connectivity index (χ4v) is 2.95. The number of fused-ring (bicyclic) bond motifs is 1. The van der Waals surface area contributed by atoms with E-state index in [0.717, 1.165) is 12.1 Å². The van der Waals surface area contributed by atoms with Crippen LogP contribution in [-0.2, 0) is 17.4 Å². The van der Waals surface area contributed by atoms with E-state index in [2.05, 4.69) is 5.32 Å². The molecule has 0 spiro atoms. The highest BCUT2D eigenvalue weighted by molar-refractivity contribution is 5.96. The Labute approximate surface area is 142 Å². The molecular formula is C18H16F3NO3. The highest BCUT2D eigenvalue weighted by atomic mass is 19.4. The van der Waals surface area contributed by atoms with Gasteiger partial charge in [-0.25, -0.2) is 0 Å². The molecule has 1 aliphatic heterocycles. The largest absolute Gasteiger partial charge is 0.497 e. The van der Waals surface area contributed by atoms with Crippen molar-refractivity contribution in [1.29, 1.82) is 0 Å². The number of aliphatic hydroxyl groups excluding tert-OH is 1. The minimum Gasteiger partial charge on any atom is -0.497 e. The molecule has 0 radical (unpaired) electrons. The van der Waals surface area contributed by atoms with E-state index >= 15 is 0 Å². The topological polar surface area (TPSA) is 58.6 Å². The molecule has 0 aliphatic carbocycles. The summed E-state index contributed by atoms with van der Waals surface area (Å²) in [5.41, 5.74) is 0.479. The summed E-state index contributed by atoms with van der Waals surface area (Å²) < 4.78 is 44.0. The average Bonchev–Trinajstić information content (AvgIpc) is 2.71. The summed E-state index contributed by atoms with van der Waals surface area (Å²) in [5, 5.41) is 12.8. The minimum absolute atomic E-state index is 0.103. The Morgan fingerprint density at radius 3 is 2.44 bits per heavy atom. The summed E-state index contributed by atoms with van der Waals surface area (Å²) >= 11 is 0. The Balaban J connectivity index is 2.01. The summed E-state index contributed by atoms with van der Waals surface area (Å²) in [7, 11) is 1.51. The zero-order valence-corrected chi connectivity index (χ0v) is 13.3. The Bertz CT molecular complexity index is 787. The van der Waals surface area contributed by atoms with Crippen LogP contribution in [0.3, 0.4) is 0 Å². The van der Waals surface area contributed by atoms with Crippen LogP contribution in [0.2, 0.25) is 0 Å². The molecule has 0 aromatic heterocycles. The summed E-state index contributed by atoms with van der Waals surface area (Å²) in [6.45, 7) is 0. The number of hydrogen-bond donors (Lipinski definition) is 2. The van der Waals surface area contributed by atoms with Crippen LogP contribution < -0.4 is 10.1 Å². The first-order valence-electron chi connectivity index (χ1n) is 7.62. The summed E-state index contributed by atoms with van der Waals surface area (Å²) in [5.74, 6) is -0.689. The lowest BCUT2D eigenvalue weighted by molar-refractivity contribution is -0.137. The molecule has 1 aliphatic rings. The van der Waals surface area contributed by atoms with E-state index in [1.165, 1.54) is 13.2 Å². The number of rotatable bonds is 2. The fraction of sp³-hybridized carbons (Fsp3) is 0.278. The van der Waals surface area contributed by atoms with Gasteiger partial charge in [-0.15, -0.1) is 0 Å². The molecule has 3 rings (SSSR count). The standard InChI is InChI=1S/C18H16F3NO3/c1-25-13-5-2-10(3-6-13)14-9-11-8-12(18(19,20)21)4-7-15(11)22-17(24)16(14)23/h2-8,14,16,23H,9H2,1H3,(H,22,24). The minimum atomic E-state index is -4.47. The number of anilines is 1. The number of carbonyl (C=O) groups excluding carboxylic acids is 1. The molecule has 2 aromatic carbocycles. The summed E-state index contributed by atoms with van der Waals surface area (Å²) in [6, 6.07) is 9.90. The van der Waals surface area contributed by atoms with Crippen LogP contribution in [0, 0.1) is 0 Å². The van der Waals surface area contributed by atoms with Gasteiger partial charge in [-0.1, -0.05) is 12.1 Å². The van der Waals surface area contributed by atoms with Crippen molar-refractivity contribution < 1.29 is 27.8 Å². The van der Waals surface area contributed by atoms with Gasteiger partial charge in [0.25, 0.3) is 5.91 Å². The van der Waals surface area contributed by atoms with Gasteiger partial charge in [0.2, 0.25) is 0 Å². The molecule has 2 unspecified atom stereocenters. The number of ether oxygens (including phenoxy) is 1. The smallest absolute Gasteiger partial charge is 0.416 e. The van der Waals surface area contributed by atoms with Crippen LogP contribution in [0.1, 0.15) is 22.6 Å². The van der Waals surface area contributed by atoms with Crippen molar-refractivity contribution in [2.24, 2.45) is 0 Å². The fourth-order valence-electron chi connectivity index (χ4n) is 2.95. The van der Waals surface area contributed by atoms with E-state index in [1.807, 2.05) is 0 Å². The Morgan fingerprint density at radius 2 is 1.84 bits per heavy atom. The molecule has 132 valence electrons. The number of methoxy groups -OCH3 is 1. The van der Waals surface area contributed by atoms with Crippen LogP contribution in [0.4, 0.5) is 18.9 Å². The van der Waals surface area contributed by atoms with E-state index in [1.54, 1.807) is 24.3 Å². The molecule has 0 fully saturated rings. The predicted molar refractivity (Wildman–Crippen MR) is 85.5 cm³/mol. The molecule has 7 heteroatoms. The van der Waals surface area contributed by atoms with E-state index in [4.69, 9.17) is 4.74 Å². The van der Waals surface area contributed by atoms with Crippen molar-refractivity contribution in [3.63, 3.8) is 0 Å². The maximum atomic E-state index is 13.0. The third kappa shape index (κ3) is 3.46. The Morgan fingerprint density at radius 1 is 1.16 bits per heavy atom. The number of nitrogens with one attached hydrogen (secondary N) is 1. The number of hydrogen-bond acceptors (Lipinski definition) is 3. The molecule has 2 aromatic rings. The second kappa shape index (κ2) is 6.40. The molecule has 0 saturated heterocycles. The van der Waals surface area contributed by atoms with E-state index in [9.17, 15) is 23.1 Å². The molecule has 0 saturated carbocycles. The zero-order chi connectivity index (χ0) is 18.2. The number of carbonyl (C=O) groups is 1. The van der Waals surface area contributed by atoms with Crippen LogP contribution >= 0.6 is 0 Å². The van der Waals surface area contributed by atoms with Crippen LogP contribution in [-0.4, -0.2) is 24.2 Å². The van der Waals surface area contributed by atoms with Gasteiger partial charge in [0.15, 0.2) is 0 Å². The van der Waals surface area contributed by atoms with Crippen molar-refractivity contribution in [2.45, 2.75) is 24.6 Å². The maximum Gasteiger partial charge on any atom is 0.416 e. The van der Waals surface area contributed by atoms with Gasteiger partial charge in [0.1, 0.15) is 11.9 Å². The van der Waals surface area contributed by atoms with Crippen molar-refractivity contribution in [3.05, 3.63) is 59.2 Å². The van der Waals surface area contributed by atoms with Gasteiger partial charge in [0, 0.05) is 11.6 Å². The van der Waals surface area contributed by atoms with Crippen molar-refractivity contribution in [1.82, 2.24) is 0 Å². The van der Waals surface area contributed by atoms with Crippen molar-refractivity contribution in [2.75, 3.05) is 12.4 Å². The molecule has 1 amide bonds. The zero-order valence-electron chi connectivity index (χ0n) is 13.3. The maximum absolute atomic E-state index is 13.0. The third-order valence-corrected chi connectivity index (χ3v) is 4.32. The number of aliphatic hydroxyl groups is 1. The normalized spacial score (nSPS) is 20.4. The second-order valence-corrected chi connectivity index (χ2v) is 5.89. The number of benzene rings is 2. The lowest BCUT2D eigenvalue weighted by Crippen LogP contribution is -2.31. The monoisotopic (exact) mass is 351 g/mol. The molecule has 2 N–H and O–H groups in total. The lowest BCUT2D eigenvalue weighted by Gasteiger charge is -2.20. The third-order valence-electron chi connectivity index (χ3n) is 4.32. The van der Waals surface area contributed by atoms with Gasteiger partial charge < -0.3 is 15.2 Å². The molecular weight excluding hydrogens is 335 g/mol. The molecule has 2 atom stereocenters. The van der Waals surface area contributed by atoms with Gasteiger partial charge in [-0.05, 0) is 47.9 Å². The van der Waals surface area contributed by atoms with Gasteiger partial charge in [-0.3, -0.25) is 4.79 Å². The first kappa shape index (κ1) is 17.3. The molecule has 25 heavy (non-hydrogen) atoms. The van der Waals surface area contributed by atoms with Crippen LogP contribution in [0.5, 0.6) is 5.75 Å². The highest BCUT2D eigenvalue weighted by Gasteiger charge is 2.35. The van der Waals surface area contributed by atoms with Gasteiger partial charge >= 0.3 is 6.18 Å². The van der Waals surface area contributed by atoms with Crippen LogP contribution in [0.25, 0.3) is 0 Å². The van der Waals surface area contributed by atoms with Gasteiger partial charge in [0.05, 0.1) is 12.7 Å². The number of amides is 1. The van der Waals surface area contributed by atoms with Gasteiger partial charge in [-0.2, -0.15) is 13.2 Å². The first-order chi connectivity index (χ1) is 11.8. The van der Waals surface area contributed by atoms with Crippen LogP contribution in [0.15, 0.2) is 42.5 Å².